The zero-order valence-electron chi connectivity index (χ0n) is 13.9. The van der Waals surface area contributed by atoms with Crippen LogP contribution in [0.1, 0.15) is 10.4 Å². The van der Waals surface area contributed by atoms with Crippen LogP contribution in [-0.2, 0) is 0 Å². The standard InChI is InChI=1S/C20H15BrN2O4/c21-15-9-2-4-11-17(15)23-20(27)22-16-10-3-1-6-12(16)13-7-5-8-14(18(13)24)19(25)26/h1-11,24H,(H,25,26)(H2,22,23,27). The van der Waals surface area contributed by atoms with Gasteiger partial charge in [0.1, 0.15) is 11.3 Å². The maximum Gasteiger partial charge on any atom is 0.339 e. The van der Waals surface area contributed by atoms with Crippen molar-refractivity contribution >= 4 is 39.3 Å². The average Bonchev–Trinajstić information content (AvgIpc) is 2.64. The number of carbonyl (C=O) groups is 2. The number of amides is 2. The lowest BCUT2D eigenvalue weighted by molar-refractivity contribution is 0.0694. The van der Waals surface area contributed by atoms with E-state index >= 15 is 0 Å². The molecule has 0 saturated carbocycles. The topological polar surface area (TPSA) is 98.7 Å². The Kier molecular flexibility index (Phi) is 5.42. The molecule has 0 radical (unpaired) electrons. The molecular weight excluding hydrogens is 412 g/mol. The van der Waals surface area contributed by atoms with Crippen LogP contribution in [-0.4, -0.2) is 22.2 Å². The van der Waals surface area contributed by atoms with Gasteiger partial charge in [0.05, 0.1) is 11.4 Å². The van der Waals surface area contributed by atoms with Gasteiger partial charge < -0.3 is 20.8 Å². The lowest BCUT2D eigenvalue weighted by Gasteiger charge is -2.14. The van der Waals surface area contributed by atoms with Crippen molar-refractivity contribution < 1.29 is 19.8 Å². The molecule has 0 aliphatic rings. The van der Waals surface area contributed by atoms with E-state index in [1.54, 1.807) is 48.5 Å². The third-order valence-corrected chi connectivity index (χ3v) is 4.55. The van der Waals surface area contributed by atoms with Gasteiger partial charge in [-0.25, -0.2) is 9.59 Å². The van der Waals surface area contributed by atoms with Crippen LogP contribution in [0.5, 0.6) is 5.75 Å². The lowest BCUT2D eigenvalue weighted by atomic mass is 9.99. The van der Waals surface area contributed by atoms with Crippen LogP contribution in [0.3, 0.4) is 0 Å². The van der Waals surface area contributed by atoms with Crippen LogP contribution in [0, 0.1) is 0 Å². The van der Waals surface area contributed by atoms with Crippen molar-refractivity contribution in [2.45, 2.75) is 0 Å². The number of urea groups is 1. The van der Waals surface area contributed by atoms with Gasteiger partial charge in [-0.05, 0) is 40.2 Å². The number of aromatic hydroxyl groups is 1. The summed E-state index contributed by atoms with van der Waals surface area (Å²) in [5, 5.41) is 25.0. The van der Waals surface area contributed by atoms with Gasteiger partial charge >= 0.3 is 12.0 Å². The smallest absolute Gasteiger partial charge is 0.339 e. The second-order valence-electron chi connectivity index (χ2n) is 5.61. The van der Waals surface area contributed by atoms with E-state index in [9.17, 15) is 19.8 Å². The van der Waals surface area contributed by atoms with E-state index in [-0.39, 0.29) is 11.3 Å². The van der Waals surface area contributed by atoms with Gasteiger partial charge in [0, 0.05) is 15.6 Å². The molecule has 6 nitrogen and oxygen atoms in total. The molecule has 0 saturated heterocycles. The highest BCUT2D eigenvalue weighted by atomic mass is 79.9. The molecule has 3 aromatic carbocycles. The molecule has 0 unspecified atom stereocenters. The predicted octanol–water partition coefficient (Wildman–Crippen LogP) is 5.16. The maximum atomic E-state index is 12.4. The molecule has 0 aliphatic heterocycles. The third-order valence-electron chi connectivity index (χ3n) is 3.85. The molecule has 0 heterocycles. The Hall–Kier alpha value is -3.32. The van der Waals surface area contributed by atoms with Crippen LogP contribution in [0.2, 0.25) is 0 Å². The van der Waals surface area contributed by atoms with Gasteiger partial charge in [-0.15, -0.1) is 0 Å². The van der Waals surface area contributed by atoms with Crippen LogP contribution < -0.4 is 10.6 Å². The highest BCUT2D eigenvalue weighted by Crippen LogP contribution is 2.36. The fourth-order valence-electron chi connectivity index (χ4n) is 2.60. The highest BCUT2D eigenvalue weighted by molar-refractivity contribution is 9.10. The highest BCUT2D eigenvalue weighted by Gasteiger charge is 2.17. The molecule has 0 aromatic heterocycles. The summed E-state index contributed by atoms with van der Waals surface area (Å²) in [5.74, 6) is -1.59. The monoisotopic (exact) mass is 426 g/mol. The van der Waals surface area contributed by atoms with E-state index in [0.717, 1.165) is 4.47 Å². The molecule has 7 heteroatoms. The quantitative estimate of drug-likeness (QED) is 0.462. The number of phenols is 1. The molecular formula is C20H15BrN2O4. The first kappa shape index (κ1) is 18.5. The second kappa shape index (κ2) is 7.92. The van der Waals surface area contributed by atoms with E-state index in [2.05, 4.69) is 26.6 Å². The van der Waals surface area contributed by atoms with Crippen LogP contribution >= 0.6 is 15.9 Å². The van der Waals surface area contributed by atoms with Crippen LogP contribution in [0.15, 0.2) is 71.2 Å². The van der Waals surface area contributed by atoms with Crippen molar-refractivity contribution in [3.63, 3.8) is 0 Å². The largest absolute Gasteiger partial charge is 0.506 e. The first-order valence-corrected chi connectivity index (χ1v) is 8.74. The SMILES string of the molecule is O=C(Nc1ccccc1Br)Nc1ccccc1-c1cccc(C(=O)O)c1O. The number of hydrogen-bond acceptors (Lipinski definition) is 3. The Morgan fingerprint density at radius 1 is 0.778 bits per heavy atom. The fraction of sp³-hybridized carbons (Fsp3) is 0. The van der Waals surface area contributed by atoms with E-state index in [4.69, 9.17) is 0 Å². The van der Waals surface area contributed by atoms with Gasteiger partial charge in [-0.1, -0.05) is 42.5 Å². The number of nitrogens with one attached hydrogen (secondary N) is 2. The second-order valence-corrected chi connectivity index (χ2v) is 6.47. The van der Waals surface area contributed by atoms with Gasteiger partial charge in [-0.2, -0.15) is 0 Å². The number of benzene rings is 3. The molecule has 4 N–H and O–H groups in total. The van der Waals surface area contributed by atoms with Crippen molar-refractivity contribution in [1.82, 2.24) is 0 Å². The lowest BCUT2D eigenvalue weighted by Crippen LogP contribution is -2.20. The normalized spacial score (nSPS) is 10.3. The Morgan fingerprint density at radius 2 is 1.37 bits per heavy atom. The number of hydrogen-bond donors (Lipinski definition) is 4. The van der Waals surface area contributed by atoms with Gasteiger partial charge in [0.25, 0.3) is 0 Å². The number of carboxylic acid groups (broad SMARTS) is 1. The molecule has 136 valence electrons. The number of carbonyl (C=O) groups excluding carboxylic acids is 1. The molecule has 0 spiro atoms. The Bertz CT molecular complexity index is 1020. The predicted molar refractivity (Wildman–Crippen MR) is 107 cm³/mol. The number of carboxylic acids is 1. The Labute approximate surface area is 163 Å². The Balaban J connectivity index is 1.91. The summed E-state index contributed by atoms with van der Waals surface area (Å²) in [6.07, 6.45) is 0. The van der Waals surface area contributed by atoms with Crippen LogP contribution in [0.4, 0.5) is 16.2 Å². The minimum atomic E-state index is -1.23. The maximum absolute atomic E-state index is 12.4. The molecule has 2 amide bonds. The van der Waals surface area contributed by atoms with Gasteiger partial charge in [0.2, 0.25) is 0 Å². The number of halogens is 1. The first-order chi connectivity index (χ1) is 13.0. The number of para-hydroxylation sites is 3. The summed E-state index contributed by atoms with van der Waals surface area (Å²) >= 11 is 3.36. The fourth-order valence-corrected chi connectivity index (χ4v) is 2.98. The third kappa shape index (κ3) is 4.09. The van der Waals surface area contributed by atoms with Crippen LogP contribution in [0.25, 0.3) is 11.1 Å². The molecule has 0 aliphatic carbocycles. The average molecular weight is 427 g/mol. The molecule has 27 heavy (non-hydrogen) atoms. The summed E-state index contributed by atoms with van der Waals surface area (Å²) in [4.78, 5) is 23.6. The number of rotatable bonds is 4. The zero-order chi connectivity index (χ0) is 19.4. The summed E-state index contributed by atoms with van der Waals surface area (Å²) < 4.78 is 0.736. The van der Waals surface area contributed by atoms with Crippen molar-refractivity contribution in [3.05, 3.63) is 76.8 Å². The van der Waals surface area contributed by atoms with E-state index < -0.39 is 12.0 Å². The molecule has 0 bridgehead atoms. The molecule has 3 aromatic rings. The van der Waals surface area contributed by atoms with Crippen molar-refractivity contribution in [2.75, 3.05) is 10.6 Å². The van der Waals surface area contributed by atoms with E-state index in [1.165, 1.54) is 12.1 Å². The summed E-state index contributed by atoms with van der Waals surface area (Å²) in [6.45, 7) is 0. The minimum Gasteiger partial charge on any atom is -0.506 e. The first-order valence-electron chi connectivity index (χ1n) is 7.94. The molecule has 0 fully saturated rings. The molecule has 0 atom stereocenters. The molecule has 3 rings (SSSR count). The van der Waals surface area contributed by atoms with E-state index in [1.807, 2.05) is 6.07 Å². The minimum absolute atomic E-state index is 0.208. The summed E-state index contributed by atoms with van der Waals surface area (Å²) in [5.41, 5.74) is 1.63. The van der Waals surface area contributed by atoms with Crippen molar-refractivity contribution in [3.8, 4) is 16.9 Å². The number of anilines is 2. The van der Waals surface area contributed by atoms with Gasteiger partial charge in [-0.3, -0.25) is 0 Å². The van der Waals surface area contributed by atoms with Gasteiger partial charge in [0.15, 0.2) is 0 Å². The number of aromatic carboxylic acids is 1. The summed E-state index contributed by atoms with van der Waals surface area (Å²) in [6, 6.07) is 18.0. The zero-order valence-corrected chi connectivity index (χ0v) is 15.5. The summed E-state index contributed by atoms with van der Waals surface area (Å²) in [7, 11) is 0. The van der Waals surface area contributed by atoms with Crippen molar-refractivity contribution in [2.24, 2.45) is 0 Å². The Morgan fingerprint density at radius 3 is 2.07 bits per heavy atom. The van der Waals surface area contributed by atoms with Crippen molar-refractivity contribution in [1.29, 1.82) is 0 Å². The van der Waals surface area contributed by atoms with E-state index in [0.29, 0.717) is 22.5 Å².